The Hall–Kier alpha value is -1.32. The fourth-order valence-corrected chi connectivity index (χ4v) is 8.71. The van der Waals surface area contributed by atoms with Crippen LogP contribution in [0.2, 0.25) is 0 Å². The molecule has 0 bridgehead atoms. The molecule has 36 heavy (non-hydrogen) atoms. The van der Waals surface area contributed by atoms with Crippen molar-refractivity contribution >= 4 is 11.9 Å². The normalized spacial score (nSPS) is 35.4. The first-order chi connectivity index (χ1) is 17.4. The maximum Gasteiger partial charge on any atom is 0.407 e. The number of ketones is 1. The summed E-state index contributed by atoms with van der Waals surface area (Å²) in [5.41, 5.74) is 1.55. The van der Waals surface area contributed by atoms with E-state index >= 15 is 0 Å². The summed E-state index contributed by atoms with van der Waals surface area (Å²) < 4.78 is 6.11. The van der Waals surface area contributed by atoms with E-state index in [1.165, 1.54) is 76.2 Å². The van der Waals surface area contributed by atoms with Crippen LogP contribution in [0.15, 0.2) is 11.6 Å². The van der Waals surface area contributed by atoms with Gasteiger partial charge in [0.25, 0.3) is 0 Å². The number of rotatable bonds is 12. The standard InChI is InChI=1S/C32H53NO3/c1-4-5-6-7-8-9-10-11-12-13-20-33-31(35)36-29-17-16-28-30-23(2)21-24-22-25(34)14-15-26(24)27(30)18-19-32(28,29)3/h22-23,26-30H,4-21H2,1-3H3,(H,33,35)/t23-,26?,27?,28?,29-,30?,32-/m0/s1. The predicted octanol–water partition coefficient (Wildman–Crippen LogP) is 8.39. The van der Waals surface area contributed by atoms with Gasteiger partial charge in [0.2, 0.25) is 0 Å². The van der Waals surface area contributed by atoms with Crippen LogP contribution in [-0.2, 0) is 9.53 Å². The molecule has 4 heteroatoms. The van der Waals surface area contributed by atoms with Crippen LogP contribution in [0.1, 0.15) is 130 Å². The van der Waals surface area contributed by atoms with E-state index in [2.05, 4.69) is 26.1 Å². The summed E-state index contributed by atoms with van der Waals surface area (Å²) >= 11 is 0. The lowest BCUT2D eigenvalue weighted by Gasteiger charge is -2.55. The van der Waals surface area contributed by atoms with Crippen molar-refractivity contribution in [1.82, 2.24) is 5.32 Å². The minimum atomic E-state index is -0.201. The second kappa shape index (κ2) is 13.0. The van der Waals surface area contributed by atoms with Gasteiger partial charge in [-0.15, -0.1) is 0 Å². The maximum absolute atomic E-state index is 12.7. The molecule has 204 valence electrons. The zero-order chi connectivity index (χ0) is 25.5. The number of fused-ring (bicyclic) bond motifs is 5. The molecule has 4 aliphatic carbocycles. The first kappa shape index (κ1) is 27.7. The highest BCUT2D eigenvalue weighted by Crippen LogP contribution is 2.63. The summed E-state index contributed by atoms with van der Waals surface area (Å²) in [5.74, 6) is 3.66. The molecule has 0 heterocycles. The van der Waals surface area contributed by atoms with Gasteiger partial charge in [-0.1, -0.05) is 84.1 Å². The molecular formula is C32H53NO3. The largest absolute Gasteiger partial charge is 0.446 e. The topological polar surface area (TPSA) is 55.4 Å². The monoisotopic (exact) mass is 499 g/mol. The van der Waals surface area contributed by atoms with Gasteiger partial charge in [-0.3, -0.25) is 4.79 Å². The van der Waals surface area contributed by atoms with Gasteiger partial charge < -0.3 is 10.1 Å². The van der Waals surface area contributed by atoms with Crippen molar-refractivity contribution in [3.8, 4) is 0 Å². The zero-order valence-corrected chi connectivity index (χ0v) is 23.5. The Morgan fingerprint density at radius 1 is 1.00 bits per heavy atom. The number of hydrogen-bond donors (Lipinski definition) is 1. The SMILES string of the molecule is CCCCCCCCCCCCNC(=O)O[C@H]1CCC2C3C(CC[C@@]21C)C1CCC(=O)C=C1C[C@@H]3C. The van der Waals surface area contributed by atoms with Crippen molar-refractivity contribution in [2.45, 2.75) is 136 Å². The van der Waals surface area contributed by atoms with E-state index in [0.29, 0.717) is 29.5 Å². The summed E-state index contributed by atoms with van der Waals surface area (Å²) in [4.78, 5) is 24.7. The lowest BCUT2D eigenvalue weighted by atomic mass is 9.49. The number of unbranched alkanes of at least 4 members (excludes halogenated alkanes) is 9. The Labute approximate surface area is 220 Å². The Morgan fingerprint density at radius 3 is 2.42 bits per heavy atom. The molecule has 0 saturated heterocycles. The minimum Gasteiger partial charge on any atom is -0.446 e. The molecule has 4 rings (SSSR count). The smallest absolute Gasteiger partial charge is 0.407 e. The number of nitrogens with one attached hydrogen (secondary N) is 1. The molecule has 3 saturated carbocycles. The molecule has 7 atom stereocenters. The minimum absolute atomic E-state index is 0.0493. The number of amides is 1. The van der Waals surface area contributed by atoms with Crippen molar-refractivity contribution in [3.63, 3.8) is 0 Å². The van der Waals surface area contributed by atoms with Gasteiger partial charge >= 0.3 is 6.09 Å². The molecular weight excluding hydrogens is 446 g/mol. The second-order valence-corrected chi connectivity index (χ2v) is 13.0. The Morgan fingerprint density at radius 2 is 1.69 bits per heavy atom. The third kappa shape index (κ3) is 6.38. The highest BCUT2D eigenvalue weighted by molar-refractivity contribution is 5.91. The van der Waals surface area contributed by atoms with Crippen molar-refractivity contribution < 1.29 is 14.3 Å². The van der Waals surface area contributed by atoms with E-state index in [9.17, 15) is 9.59 Å². The van der Waals surface area contributed by atoms with Crippen LogP contribution < -0.4 is 5.32 Å². The molecule has 4 unspecified atom stereocenters. The molecule has 3 fully saturated rings. The molecule has 0 aromatic carbocycles. The maximum atomic E-state index is 12.7. The number of carbonyl (C=O) groups excluding carboxylic acids is 2. The van der Waals surface area contributed by atoms with Crippen molar-refractivity contribution in [1.29, 1.82) is 0 Å². The Balaban J connectivity index is 1.18. The molecule has 0 aliphatic heterocycles. The highest BCUT2D eigenvalue weighted by atomic mass is 16.6. The fraction of sp³-hybridized carbons (Fsp3) is 0.875. The van der Waals surface area contributed by atoms with Crippen LogP contribution in [0.3, 0.4) is 0 Å². The van der Waals surface area contributed by atoms with E-state index in [1.807, 2.05) is 6.08 Å². The van der Waals surface area contributed by atoms with E-state index in [-0.39, 0.29) is 17.6 Å². The summed E-state index contributed by atoms with van der Waals surface area (Å²) in [6.45, 7) is 7.82. The van der Waals surface area contributed by atoms with E-state index in [4.69, 9.17) is 4.74 Å². The first-order valence-corrected chi connectivity index (χ1v) is 15.6. The van der Waals surface area contributed by atoms with Crippen LogP contribution in [0.5, 0.6) is 0 Å². The first-order valence-electron chi connectivity index (χ1n) is 15.6. The molecule has 0 radical (unpaired) electrons. The third-order valence-corrected chi connectivity index (χ3v) is 10.6. The van der Waals surface area contributed by atoms with Crippen LogP contribution in [0.4, 0.5) is 4.79 Å². The predicted molar refractivity (Wildman–Crippen MR) is 147 cm³/mol. The molecule has 0 aromatic heterocycles. The average molecular weight is 500 g/mol. The fourth-order valence-electron chi connectivity index (χ4n) is 8.71. The van der Waals surface area contributed by atoms with Gasteiger partial charge in [0, 0.05) is 18.4 Å². The van der Waals surface area contributed by atoms with Crippen molar-refractivity contribution in [3.05, 3.63) is 11.6 Å². The summed E-state index contributed by atoms with van der Waals surface area (Å²) in [7, 11) is 0. The highest BCUT2D eigenvalue weighted by Gasteiger charge is 2.59. The molecule has 4 nitrogen and oxygen atoms in total. The number of carbonyl (C=O) groups is 2. The summed E-state index contributed by atoms with van der Waals surface area (Å²) in [6.07, 6.45) is 22.4. The summed E-state index contributed by atoms with van der Waals surface area (Å²) in [5, 5.41) is 3.05. The third-order valence-electron chi connectivity index (χ3n) is 10.6. The lowest BCUT2D eigenvalue weighted by Crippen LogP contribution is -2.51. The van der Waals surface area contributed by atoms with Crippen LogP contribution in [0.25, 0.3) is 0 Å². The van der Waals surface area contributed by atoms with Crippen LogP contribution in [0, 0.1) is 35.0 Å². The van der Waals surface area contributed by atoms with Gasteiger partial charge in [0.1, 0.15) is 6.10 Å². The average Bonchev–Trinajstić information content (AvgIpc) is 3.18. The van der Waals surface area contributed by atoms with E-state index < -0.39 is 0 Å². The molecule has 4 aliphatic rings. The second-order valence-electron chi connectivity index (χ2n) is 13.0. The molecule has 1 amide bonds. The van der Waals surface area contributed by atoms with Gasteiger partial charge in [-0.25, -0.2) is 4.79 Å². The summed E-state index contributed by atoms with van der Waals surface area (Å²) in [6, 6.07) is 0. The van der Waals surface area contributed by atoms with E-state index in [0.717, 1.165) is 51.0 Å². The quantitative estimate of drug-likeness (QED) is 0.274. The van der Waals surface area contributed by atoms with Crippen LogP contribution >= 0.6 is 0 Å². The van der Waals surface area contributed by atoms with Crippen molar-refractivity contribution in [2.24, 2.45) is 35.0 Å². The van der Waals surface area contributed by atoms with Crippen molar-refractivity contribution in [2.75, 3.05) is 6.54 Å². The molecule has 0 spiro atoms. The van der Waals surface area contributed by atoms with Gasteiger partial charge in [-0.05, 0) is 80.6 Å². The van der Waals surface area contributed by atoms with Gasteiger partial charge in [-0.2, -0.15) is 0 Å². The zero-order valence-electron chi connectivity index (χ0n) is 23.5. The molecule has 0 aromatic rings. The van der Waals surface area contributed by atoms with Gasteiger partial charge in [0.05, 0.1) is 0 Å². The number of ether oxygens (including phenoxy) is 1. The number of alkyl carbamates (subject to hydrolysis) is 1. The van der Waals surface area contributed by atoms with Gasteiger partial charge in [0.15, 0.2) is 5.78 Å². The number of allylic oxidation sites excluding steroid dienone is 1. The molecule has 1 N–H and O–H groups in total. The lowest BCUT2D eigenvalue weighted by molar-refractivity contribution is -0.116. The van der Waals surface area contributed by atoms with E-state index in [1.54, 1.807) is 0 Å². The Kier molecular flexibility index (Phi) is 9.98. The number of hydrogen-bond acceptors (Lipinski definition) is 3. The Bertz CT molecular complexity index is 775. The van der Waals surface area contributed by atoms with Crippen LogP contribution in [-0.4, -0.2) is 24.5 Å².